The molecule has 2 N–H and O–H groups in total. The summed E-state index contributed by atoms with van der Waals surface area (Å²) in [7, 11) is 0. The molecule has 2 rings (SSSR count). The van der Waals surface area contributed by atoms with Crippen LogP contribution in [0.15, 0.2) is 65.8 Å². The number of nitrogens with zero attached hydrogens (tertiary/aromatic N) is 3. The summed E-state index contributed by atoms with van der Waals surface area (Å²) >= 11 is 0. The Labute approximate surface area is 176 Å². The fourth-order valence-corrected chi connectivity index (χ4v) is 3.63. The molecule has 1 heterocycles. The maximum atomic E-state index is 5.76. The van der Waals surface area contributed by atoms with Crippen LogP contribution < -0.4 is 5.73 Å². The Bertz CT molecular complexity index is 809. The predicted octanol–water partition coefficient (Wildman–Crippen LogP) is 5.50. The largest absolute Gasteiger partial charge is 0.330 e. The first-order chi connectivity index (χ1) is 14.2. The van der Waals surface area contributed by atoms with Crippen LogP contribution in [0.2, 0.25) is 0 Å². The summed E-state index contributed by atoms with van der Waals surface area (Å²) in [5, 5.41) is 1.18. The molecule has 0 spiro atoms. The second-order valence-corrected chi connectivity index (χ2v) is 7.33. The average Bonchev–Trinajstić information content (AvgIpc) is 2.74. The van der Waals surface area contributed by atoms with Crippen LogP contribution in [-0.2, 0) is 6.54 Å². The quantitative estimate of drug-likeness (QED) is 0.278. The van der Waals surface area contributed by atoms with Crippen molar-refractivity contribution in [3.8, 4) is 0 Å². The van der Waals surface area contributed by atoms with E-state index in [0.717, 1.165) is 62.2 Å². The van der Waals surface area contributed by atoms with Crippen LogP contribution in [-0.4, -0.2) is 35.2 Å². The molecule has 0 aliphatic carbocycles. The number of aromatic nitrogens is 1. The van der Waals surface area contributed by atoms with Gasteiger partial charge in [-0.25, -0.2) is 0 Å². The first-order valence-corrected chi connectivity index (χ1v) is 10.8. The number of allylic oxidation sites excluding steroid dienone is 2. The van der Waals surface area contributed by atoms with Crippen molar-refractivity contribution < 1.29 is 0 Å². The van der Waals surface area contributed by atoms with Crippen LogP contribution in [0.4, 0.5) is 0 Å². The molecule has 1 atom stereocenters. The number of hydrogen-bond donors (Lipinski definition) is 1. The molecule has 1 aromatic carbocycles. The van der Waals surface area contributed by atoms with Gasteiger partial charge in [-0.3, -0.25) is 14.9 Å². The van der Waals surface area contributed by atoms with Crippen LogP contribution >= 0.6 is 0 Å². The number of aliphatic imine (C=N–C) groups is 1. The van der Waals surface area contributed by atoms with E-state index in [-0.39, 0.29) is 6.04 Å². The average molecular weight is 393 g/mol. The van der Waals surface area contributed by atoms with Crippen molar-refractivity contribution in [2.24, 2.45) is 10.7 Å². The van der Waals surface area contributed by atoms with E-state index in [4.69, 9.17) is 10.7 Å². The summed E-state index contributed by atoms with van der Waals surface area (Å²) in [5.41, 5.74) is 8.98. The number of fused-ring (bicyclic) bond motifs is 1. The van der Waals surface area contributed by atoms with Crippen molar-refractivity contribution in [1.29, 1.82) is 0 Å². The van der Waals surface area contributed by atoms with Gasteiger partial charge in [-0.15, -0.1) is 0 Å². The van der Waals surface area contributed by atoms with E-state index in [1.807, 2.05) is 31.4 Å². The van der Waals surface area contributed by atoms with Crippen molar-refractivity contribution >= 4 is 17.1 Å². The summed E-state index contributed by atoms with van der Waals surface area (Å²) in [6.07, 6.45) is 11.3. The molecule has 1 aromatic heterocycles. The normalized spacial score (nSPS) is 13.4. The minimum absolute atomic E-state index is 0.246. The smallest absolute Gasteiger partial charge is 0.0705 e. The van der Waals surface area contributed by atoms with Gasteiger partial charge < -0.3 is 5.73 Å². The first-order valence-electron chi connectivity index (χ1n) is 10.8. The second-order valence-electron chi connectivity index (χ2n) is 7.33. The van der Waals surface area contributed by atoms with Crippen LogP contribution in [0.1, 0.15) is 51.6 Å². The van der Waals surface area contributed by atoms with E-state index in [9.17, 15) is 0 Å². The molecule has 2 aromatic rings. The number of nitrogens with two attached hydrogens (primary N) is 1. The number of pyridine rings is 1. The van der Waals surface area contributed by atoms with Crippen molar-refractivity contribution in [1.82, 2.24) is 9.88 Å². The number of para-hydroxylation sites is 1. The van der Waals surface area contributed by atoms with Gasteiger partial charge in [0.25, 0.3) is 0 Å². The van der Waals surface area contributed by atoms with Crippen molar-refractivity contribution in [2.75, 3.05) is 13.1 Å². The summed E-state index contributed by atoms with van der Waals surface area (Å²) in [5.74, 6) is 0. The topological polar surface area (TPSA) is 54.5 Å². The molecule has 4 nitrogen and oxygen atoms in total. The summed E-state index contributed by atoms with van der Waals surface area (Å²) in [6.45, 7) is 10.6. The van der Waals surface area contributed by atoms with Crippen molar-refractivity contribution in [3.05, 3.63) is 66.5 Å². The highest BCUT2D eigenvalue weighted by molar-refractivity contribution is 5.78. The number of benzene rings is 1. The molecule has 1 unspecified atom stereocenters. The van der Waals surface area contributed by atoms with E-state index in [1.165, 1.54) is 11.8 Å². The highest BCUT2D eigenvalue weighted by Gasteiger charge is 2.22. The fourth-order valence-electron chi connectivity index (χ4n) is 3.63. The van der Waals surface area contributed by atoms with Gasteiger partial charge in [0.15, 0.2) is 0 Å². The number of rotatable bonds is 13. The lowest BCUT2D eigenvalue weighted by atomic mass is 10.0. The van der Waals surface area contributed by atoms with Gasteiger partial charge >= 0.3 is 0 Å². The lowest BCUT2D eigenvalue weighted by molar-refractivity contribution is 0.193. The molecule has 0 amide bonds. The van der Waals surface area contributed by atoms with Crippen LogP contribution in [0.25, 0.3) is 10.9 Å². The lowest BCUT2D eigenvalue weighted by Crippen LogP contribution is -2.37. The SMILES string of the molecule is C=C/C=C(\N=CC)C(CCCC)N(CCCCN)Cc1ccc2ccccc2n1. The zero-order valence-corrected chi connectivity index (χ0v) is 18.1. The molecular weight excluding hydrogens is 356 g/mol. The van der Waals surface area contributed by atoms with E-state index in [0.29, 0.717) is 0 Å². The molecule has 0 fully saturated rings. The third kappa shape index (κ3) is 7.22. The Hall–Kier alpha value is -2.30. The molecule has 0 saturated carbocycles. The maximum Gasteiger partial charge on any atom is 0.0705 e. The van der Waals surface area contributed by atoms with E-state index in [1.54, 1.807) is 0 Å². The first kappa shape index (κ1) is 23.0. The number of unbranched alkanes of at least 4 members (excludes halogenated alkanes) is 2. The highest BCUT2D eigenvalue weighted by Crippen LogP contribution is 2.22. The predicted molar refractivity (Wildman–Crippen MR) is 126 cm³/mol. The zero-order chi connectivity index (χ0) is 20.9. The molecule has 156 valence electrons. The molecule has 0 saturated heterocycles. The number of hydrogen-bond acceptors (Lipinski definition) is 4. The summed E-state index contributed by atoms with van der Waals surface area (Å²) in [4.78, 5) is 12.1. The van der Waals surface area contributed by atoms with Gasteiger partial charge in [0.1, 0.15) is 0 Å². The van der Waals surface area contributed by atoms with Crippen molar-refractivity contribution in [3.63, 3.8) is 0 Å². The Balaban J connectivity index is 2.34. The third-order valence-corrected chi connectivity index (χ3v) is 5.10. The minimum atomic E-state index is 0.246. The standard InChI is InChI=1S/C25H36N4/c1-4-7-15-25(24(12-5-2)27-6-3)29(19-11-10-18-26)20-22-17-16-21-13-8-9-14-23(21)28-22/h5-6,8-9,12-14,16-17,25H,2,4,7,10-11,15,18-20,26H2,1,3H3/b24-12-,27-6?. The highest BCUT2D eigenvalue weighted by atomic mass is 15.2. The monoisotopic (exact) mass is 392 g/mol. The molecular formula is C25H36N4. The third-order valence-electron chi connectivity index (χ3n) is 5.10. The summed E-state index contributed by atoms with van der Waals surface area (Å²) < 4.78 is 0. The van der Waals surface area contributed by atoms with Gasteiger partial charge in [0, 0.05) is 18.1 Å². The molecule has 29 heavy (non-hydrogen) atoms. The van der Waals surface area contributed by atoms with Crippen molar-refractivity contribution in [2.45, 2.75) is 58.5 Å². The zero-order valence-electron chi connectivity index (χ0n) is 18.1. The summed E-state index contributed by atoms with van der Waals surface area (Å²) in [6, 6.07) is 12.8. The van der Waals surface area contributed by atoms with E-state index in [2.05, 4.69) is 53.7 Å². The molecule has 4 heteroatoms. The fraction of sp³-hybridized carbons (Fsp3) is 0.440. The Morgan fingerprint density at radius 1 is 1.21 bits per heavy atom. The lowest BCUT2D eigenvalue weighted by Gasteiger charge is -2.32. The van der Waals surface area contributed by atoms with Gasteiger partial charge in [-0.1, -0.05) is 56.7 Å². The van der Waals surface area contributed by atoms with Crippen LogP contribution in [0, 0.1) is 0 Å². The van der Waals surface area contributed by atoms with Gasteiger partial charge in [0.05, 0.1) is 22.9 Å². The van der Waals surface area contributed by atoms with Crippen LogP contribution in [0.5, 0.6) is 0 Å². The van der Waals surface area contributed by atoms with Crippen LogP contribution in [0.3, 0.4) is 0 Å². The second kappa shape index (κ2) is 13.0. The van der Waals surface area contributed by atoms with Gasteiger partial charge in [0.2, 0.25) is 0 Å². The maximum absolute atomic E-state index is 5.76. The Morgan fingerprint density at radius 2 is 2.03 bits per heavy atom. The van der Waals surface area contributed by atoms with Gasteiger partial charge in [-0.05, 0) is 57.5 Å². The Kier molecular flexibility index (Phi) is 10.3. The van der Waals surface area contributed by atoms with Gasteiger partial charge in [-0.2, -0.15) is 0 Å². The molecule has 0 radical (unpaired) electrons. The van der Waals surface area contributed by atoms with E-state index < -0.39 is 0 Å². The van der Waals surface area contributed by atoms with E-state index >= 15 is 0 Å². The molecule has 0 aliphatic heterocycles. The molecule has 0 aliphatic rings. The minimum Gasteiger partial charge on any atom is -0.330 e. The Morgan fingerprint density at radius 3 is 2.76 bits per heavy atom. The molecule has 0 bridgehead atoms.